The molecule has 1 aliphatic heterocycles. The third kappa shape index (κ3) is 5.71. The number of anilines is 3. The first-order chi connectivity index (χ1) is 26.8. The van der Waals surface area contributed by atoms with Crippen molar-refractivity contribution in [3.8, 4) is 67.1 Å². The largest absolute Gasteiger partial charge is 0.456 e. The van der Waals surface area contributed by atoms with Crippen LogP contribution in [0.1, 0.15) is 0 Å². The van der Waals surface area contributed by atoms with E-state index in [-0.39, 0.29) is 0 Å². The van der Waals surface area contributed by atoms with Crippen LogP contribution in [-0.2, 0) is 0 Å². The monoisotopic (exact) mass is 689 g/mol. The molecule has 54 heavy (non-hydrogen) atoms. The molecule has 0 spiro atoms. The van der Waals surface area contributed by atoms with Gasteiger partial charge in [-0.1, -0.05) is 158 Å². The van der Waals surface area contributed by atoms with Crippen LogP contribution in [0.5, 0.6) is 11.5 Å². The van der Waals surface area contributed by atoms with Crippen LogP contribution in [0.2, 0.25) is 0 Å². The first-order valence-corrected chi connectivity index (χ1v) is 18.4. The summed E-state index contributed by atoms with van der Waals surface area (Å²) >= 11 is 0. The third-order valence-corrected chi connectivity index (χ3v) is 10.5. The molecule has 0 amide bonds. The predicted molar refractivity (Wildman–Crippen MR) is 226 cm³/mol. The van der Waals surface area contributed by atoms with Gasteiger partial charge < -0.3 is 9.64 Å². The molecular weight excluding hydrogens is 655 g/mol. The molecule has 2 heteroatoms. The number of hydrogen-bond donors (Lipinski definition) is 0. The maximum absolute atomic E-state index is 6.62. The summed E-state index contributed by atoms with van der Waals surface area (Å²) in [7, 11) is 0. The second kappa shape index (κ2) is 13.4. The van der Waals surface area contributed by atoms with Crippen molar-refractivity contribution in [2.75, 3.05) is 4.90 Å². The lowest BCUT2D eigenvalue weighted by Gasteiger charge is -2.26. The molecule has 0 atom stereocenters. The Morgan fingerprint density at radius 3 is 1.39 bits per heavy atom. The number of fused-ring (bicyclic) bond motifs is 7. The van der Waals surface area contributed by atoms with Crippen molar-refractivity contribution in [1.29, 1.82) is 0 Å². The third-order valence-electron chi connectivity index (χ3n) is 10.5. The van der Waals surface area contributed by atoms with Crippen molar-refractivity contribution >= 4 is 27.8 Å². The van der Waals surface area contributed by atoms with Crippen LogP contribution >= 0.6 is 0 Å². The molecule has 0 bridgehead atoms. The van der Waals surface area contributed by atoms with Crippen LogP contribution in [0.4, 0.5) is 17.1 Å². The zero-order valence-electron chi connectivity index (χ0n) is 29.6. The van der Waals surface area contributed by atoms with E-state index in [0.29, 0.717) is 0 Å². The minimum absolute atomic E-state index is 0.868. The summed E-state index contributed by atoms with van der Waals surface area (Å²) in [5.41, 5.74) is 15.0. The highest BCUT2D eigenvalue weighted by atomic mass is 16.5. The van der Waals surface area contributed by atoms with Crippen LogP contribution in [0.15, 0.2) is 212 Å². The summed E-state index contributed by atoms with van der Waals surface area (Å²) in [5, 5.41) is 2.39. The van der Waals surface area contributed by atoms with E-state index in [2.05, 4.69) is 211 Å². The van der Waals surface area contributed by atoms with Gasteiger partial charge in [0, 0.05) is 28.2 Å². The van der Waals surface area contributed by atoms with E-state index < -0.39 is 0 Å². The minimum Gasteiger partial charge on any atom is -0.456 e. The molecule has 0 aliphatic carbocycles. The number of para-hydroxylation sites is 1. The average Bonchev–Trinajstić information content (AvgIpc) is 3.39. The first kappa shape index (κ1) is 31.6. The second-order valence-corrected chi connectivity index (χ2v) is 13.7. The maximum atomic E-state index is 6.62. The molecule has 1 aliphatic rings. The zero-order valence-corrected chi connectivity index (χ0v) is 29.6. The SMILES string of the molecule is c1ccc(-c2ccc(N(c3ccc(-c4ccccc4)cc3)c3ccc(-c4ccc5c(c4)-c4ccccc4Oc4ccc6ccccc6c4-5)cc3)cc2)cc1. The molecule has 254 valence electrons. The summed E-state index contributed by atoms with van der Waals surface area (Å²) in [6, 6.07) is 75.8. The van der Waals surface area contributed by atoms with Crippen molar-refractivity contribution in [1.82, 2.24) is 0 Å². The van der Waals surface area contributed by atoms with E-state index in [1.54, 1.807) is 0 Å². The molecule has 9 aromatic rings. The number of hydrogen-bond acceptors (Lipinski definition) is 2. The Labute approximate surface area is 315 Å². The normalized spacial score (nSPS) is 11.5. The summed E-state index contributed by atoms with van der Waals surface area (Å²) in [6.45, 7) is 0. The van der Waals surface area contributed by atoms with Gasteiger partial charge in [0.05, 0.1) is 0 Å². The molecule has 10 rings (SSSR count). The first-order valence-electron chi connectivity index (χ1n) is 18.4. The Balaban J connectivity index is 1.05. The highest BCUT2D eigenvalue weighted by Gasteiger charge is 2.23. The van der Waals surface area contributed by atoms with Gasteiger partial charge in [0.15, 0.2) is 0 Å². The molecule has 0 unspecified atom stereocenters. The van der Waals surface area contributed by atoms with Crippen LogP contribution in [0.25, 0.3) is 66.4 Å². The van der Waals surface area contributed by atoms with Gasteiger partial charge in [-0.25, -0.2) is 0 Å². The quantitative estimate of drug-likeness (QED) is 0.172. The Morgan fingerprint density at radius 1 is 0.296 bits per heavy atom. The Hall–Kier alpha value is -7.16. The zero-order chi connectivity index (χ0) is 35.8. The minimum atomic E-state index is 0.868. The number of ether oxygens (including phenoxy) is 1. The molecule has 0 fully saturated rings. The molecule has 1 heterocycles. The molecule has 0 saturated carbocycles. The molecule has 2 nitrogen and oxygen atoms in total. The van der Waals surface area contributed by atoms with Crippen molar-refractivity contribution in [3.63, 3.8) is 0 Å². The van der Waals surface area contributed by atoms with Gasteiger partial charge >= 0.3 is 0 Å². The van der Waals surface area contributed by atoms with Crippen molar-refractivity contribution in [2.24, 2.45) is 0 Å². The lowest BCUT2D eigenvalue weighted by Crippen LogP contribution is -2.09. The van der Waals surface area contributed by atoms with Gasteiger partial charge in [0.25, 0.3) is 0 Å². The molecule has 0 aromatic heterocycles. The summed E-state index contributed by atoms with van der Waals surface area (Å²) in [6.07, 6.45) is 0. The standard InChI is InChI=1S/C52H35NO/c1-3-11-36(12-4-1)38-19-27-43(28-20-38)53(44-29-21-39(22-30-44)37-13-5-2-6-14-37)45-31-23-40(24-32-45)42-25-33-48-49(35-42)47-17-9-10-18-50(47)54-51-34-26-41-15-7-8-16-46(41)52(48)51/h1-35H. The van der Waals surface area contributed by atoms with Gasteiger partial charge in [-0.2, -0.15) is 0 Å². The molecule has 9 aromatic carbocycles. The fourth-order valence-electron chi connectivity index (χ4n) is 7.79. The van der Waals surface area contributed by atoms with Crippen LogP contribution in [0, 0.1) is 0 Å². The van der Waals surface area contributed by atoms with Crippen LogP contribution in [0.3, 0.4) is 0 Å². The Morgan fingerprint density at radius 2 is 0.778 bits per heavy atom. The Bertz CT molecular complexity index is 2670. The topological polar surface area (TPSA) is 12.5 Å². The average molecular weight is 690 g/mol. The maximum Gasteiger partial charge on any atom is 0.135 e. The highest BCUT2D eigenvalue weighted by Crippen LogP contribution is 2.50. The molecule has 0 N–H and O–H groups in total. The lowest BCUT2D eigenvalue weighted by atomic mass is 9.89. The van der Waals surface area contributed by atoms with E-state index in [0.717, 1.165) is 50.8 Å². The Kier molecular flexibility index (Phi) is 7.85. The molecular formula is C52H35NO. The van der Waals surface area contributed by atoms with E-state index in [1.807, 2.05) is 6.07 Å². The van der Waals surface area contributed by atoms with Gasteiger partial charge in [-0.05, 0) is 110 Å². The van der Waals surface area contributed by atoms with Gasteiger partial charge in [0.2, 0.25) is 0 Å². The van der Waals surface area contributed by atoms with Crippen molar-refractivity contribution < 1.29 is 4.74 Å². The molecule has 0 radical (unpaired) electrons. The van der Waals surface area contributed by atoms with E-state index in [4.69, 9.17) is 4.74 Å². The van der Waals surface area contributed by atoms with Crippen LogP contribution < -0.4 is 9.64 Å². The van der Waals surface area contributed by atoms with Gasteiger partial charge in [0.1, 0.15) is 11.5 Å². The fraction of sp³-hybridized carbons (Fsp3) is 0. The summed E-state index contributed by atoms with van der Waals surface area (Å²) in [5.74, 6) is 1.75. The second-order valence-electron chi connectivity index (χ2n) is 13.7. The van der Waals surface area contributed by atoms with Crippen molar-refractivity contribution in [2.45, 2.75) is 0 Å². The summed E-state index contributed by atoms with van der Waals surface area (Å²) in [4.78, 5) is 2.33. The lowest BCUT2D eigenvalue weighted by molar-refractivity contribution is 0.488. The van der Waals surface area contributed by atoms with Crippen LogP contribution in [-0.4, -0.2) is 0 Å². The highest BCUT2D eigenvalue weighted by molar-refractivity contribution is 6.05. The number of benzene rings is 9. The fourth-order valence-corrected chi connectivity index (χ4v) is 7.79. The number of nitrogens with zero attached hydrogens (tertiary/aromatic N) is 1. The summed E-state index contributed by atoms with van der Waals surface area (Å²) < 4.78 is 6.62. The van der Waals surface area contributed by atoms with E-state index >= 15 is 0 Å². The van der Waals surface area contributed by atoms with Gasteiger partial charge in [-0.3, -0.25) is 0 Å². The number of rotatable bonds is 6. The van der Waals surface area contributed by atoms with E-state index in [1.165, 1.54) is 44.2 Å². The molecule has 0 saturated heterocycles. The van der Waals surface area contributed by atoms with Gasteiger partial charge in [-0.15, -0.1) is 0 Å². The van der Waals surface area contributed by atoms with E-state index in [9.17, 15) is 0 Å². The van der Waals surface area contributed by atoms with Crippen molar-refractivity contribution in [3.05, 3.63) is 212 Å². The smallest absolute Gasteiger partial charge is 0.135 e. The predicted octanol–water partition coefficient (Wildman–Crippen LogP) is 14.8.